The van der Waals surface area contributed by atoms with Gasteiger partial charge in [-0.2, -0.15) is 0 Å². The molecule has 1 nitrogen and oxygen atoms in total. The van der Waals surface area contributed by atoms with Crippen molar-refractivity contribution in [3.8, 4) is 5.75 Å². The van der Waals surface area contributed by atoms with Crippen LogP contribution in [0.15, 0.2) is 18.2 Å². The summed E-state index contributed by atoms with van der Waals surface area (Å²) in [6, 6.07) is 5.85. The zero-order valence-electron chi connectivity index (χ0n) is 10.0. The molecule has 0 unspecified atom stereocenters. The largest absolute Gasteiger partial charge is 0.508 e. The second-order valence-electron chi connectivity index (χ2n) is 5.71. The van der Waals surface area contributed by atoms with Crippen molar-refractivity contribution in [2.75, 3.05) is 0 Å². The van der Waals surface area contributed by atoms with E-state index in [4.69, 9.17) is 0 Å². The van der Waals surface area contributed by atoms with Crippen molar-refractivity contribution in [2.24, 2.45) is 5.92 Å². The molecule has 82 valence electrons. The molecular weight excluding hydrogens is 184 g/mol. The van der Waals surface area contributed by atoms with Crippen LogP contribution in [0.3, 0.4) is 0 Å². The Labute approximate surface area is 92.1 Å². The van der Waals surface area contributed by atoms with Gasteiger partial charge in [0, 0.05) is 0 Å². The maximum absolute atomic E-state index is 9.57. The highest BCUT2D eigenvalue weighted by molar-refractivity contribution is 5.45. The van der Waals surface area contributed by atoms with Crippen molar-refractivity contribution in [3.05, 3.63) is 29.3 Å². The zero-order valence-corrected chi connectivity index (χ0v) is 10.0. The third-order valence-electron chi connectivity index (χ3n) is 3.70. The van der Waals surface area contributed by atoms with E-state index in [0.29, 0.717) is 17.6 Å². The number of hydrogen-bond acceptors (Lipinski definition) is 1. The molecule has 0 saturated heterocycles. The summed E-state index contributed by atoms with van der Waals surface area (Å²) in [5, 5.41) is 9.57. The van der Waals surface area contributed by atoms with Gasteiger partial charge < -0.3 is 5.11 Å². The molecule has 15 heavy (non-hydrogen) atoms. The van der Waals surface area contributed by atoms with E-state index in [2.05, 4.69) is 33.8 Å². The summed E-state index contributed by atoms with van der Waals surface area (Å²) in [7, 11) is 0. The molecule has 1 heteroatoms. The molecular formula is C14H20O. The van der Waals surface area contributed by atoms with Gasteiger partial charge in [-0.3, -0.25) is 0 Å². The van der Waals surface area contributed by atoms with Gasteiger partial charge in [0.2, 0.25) is 0 Å². The first-order valence-electron chi connectivity index (χ1n) is 5.75. The molecule has 0 aromatic heterocycles. The average molecular weight is 204 g/mol. The maximum atomic E-state index is 9.57. The highest BCUT2D eigenvalue weighted by Gasteiger charge is 2.37. The van der Waals surface area contributed by atoms with Gasteiger partial charge in [0.05, 0.1) is 0 Å². The lowest BCUT2D eigenvalue weighted by atomic mass is 9.84. The predicted octanol–water partition coefficient (Wildman–Crippen LogP) is 3.81. The van der Waals surface area contributed by atoms with E-state index in [0.717, 1.165) is 0 Å². The minimum Gasteiger partial charge on any atom is -0.508 e. The van der Waals surface area contributed by atoms with Crippen LogP contribution in [0.25, 0.3) is 0 Å². The molecule has 0 radical (unpaired) electrons. The lowest BCUT2D eigenvalue weighted by molar-refractivity contribution is 0.409. The van der Waals surface area contributed by atoms with Crippen LogP contribution in [0.2, 0.25) is 0 Å². The quantitative estimate of drug-likeness (QED) is 0.737. The molecule has 1 aromatic rings. The Bertz CT molecular complexity index is 377. The molecule has 0 saturated carbocycles. The fourth-order valence-corrected chi connectivity index (χ4v) is 2.84. The highest BCUT2D eigenvalue weighted by atomic mass is 16.3. The Morgan fingerprint density at radius 2 is 2.00 bits per heavy atom. The minimum absolute atomic E-state index is 0.262. The highest BCUT2D eigenvalue weighted by Crippen LogP contribution is 2.49. The van der Waals surface area contributed by atoms with Crippen LogP contribution in [-0.2, 0) is 5.41 Å². The molecule has 0 aliphatic heterocycles. The SMILES string of the molecule is CC(C)[C@@H]1CC(C)(C)c2ccc(O)cc21. The fourth-order valence-electron chi connectivity index (χ4n) is 2.84. The normalized spacial score (nSPS) is 23.1. The van der Waals surface area contributed by atoms with Gasteiger partial charge >= 0.3 is 0 Å². The van der Waals surface area contributed by atoms with Crippen molar-refractivity contribution in [1.29, 1.82) is 0 Å². The Hall–Kier alpha value is -0.980. The Morgan fingerprint density at radius 1 is 1.33 bits per heavy atom. The topological polar surface area (TPSA) is 20.2 Å². The molecule has 0 fully saturated rings. The summed E-state index contributed by atoms with van der Waals surface area (Å²) in [4.78, 5) is 0. The molecule has 0 spiro atoms. The summed E-state index contributed by atoms with van der Waals surface area (Å²) < 4.78 is 0. The van der Waals surface area contributed by atoms with E-state index in [9.17, 15) is 5.11 Å². The van der Waals surface area contributed by atoms with E-state index in [1.165, 1.54) is 17.5 Å². The fraction of sp³-hybridized carbons (Fsp3) is 0.571. The summed E-state index contributed by atoms with van der Waals surface area (Å²) in [6.45, 7) is 9.12. The zero-order chi connectivity index (χ0) is 11.2. The van der Waals surface area contributed by atoms with E-state index in [-0.39, 0.29) is 5.41 Å². The summed E-state index contributed by atoms with van der Waals surface area (Å²) in [5.74, 6) is 1.64. The lowest BCUT2D eigenvalue weighted by Gasteiger charge is -2.20. The summed E-state index contributed by atoms with van der Waals surface area (Å²) in [5.41, 5.74) is 3.03. The van der Waals surface area contributed by atoms with Gasteiger partial charge in [-0.1, -0.05) is 33.8 Å². The molecule has 1 aromatic carbocycles. The van der Waals surface area contributed by atoms with Gasteiger partial charge in [0.25, 0.3) is 0 Å². The number of phenols is 1. The maximum Gasteiger partial charge on any atom is 0.115 e. The van der Waals surface area contributed by atoms with E-state index < -0.39 is 0 Å². The molecule has 1 N–H and O–H groups in total. The number of rotatable bonds is 1. The second kappa shape index (κ2) is 3.26. The van der Waals surface area contributed by atoms with Crippen molar-refractivity contribution >= 4 is 0 Å². The summed E-state index contributed by atoms with van der Waals surface area (Å²) >= 11 is 0. The van der Waals surface area contributed by atoms with E-state index in [1.54, 1.807) is 0 Å². The Kier molecular flexibility index (Phi) is 2.29. The number of phenolic OH excluding ortho intramolecular Hbond substituents is 1. The van der Waals surface area contributed by atoms with Gasteiger partial charge in [-0.25, -0.2) is 0 Å². The molecule has 0 heterocycles. The average Bonchev–Trinajstić information content (AvgIpc) is 2.38. The Morgan fingerprint density at radius 3 is 2.60 bits per heavy atom. The van der Waals surface area contributed by atoms with Crippen LogP contribution in [0.5, 0.6) is 5.75 Å². The third-order valence-corrected chi connectivity index (χ3v) is 3.70. The van der Waals surface area contributed by atoms with Crippen LogP contribution in [0.4, 0.5) is 0 Å². The first-order valence-corrected chi connectivity index (χ1v) is 5.75. The van der Waals surface area contributed by atoms with Crippen molar-refractivity contribution < 1.29 is 5.11 Å². The van der Waals surface area contributed by atoms with Crippen LogP contribution in [0, 0.1) is 5.92 Å². The first kappa shape index (κ1) is 10.5. The number of benzene rings is 1. The van der Waals surface area contributed by atoms with Crippen LogP contribution in [0.1, 0.15) is 51.2 Å². The van der Waals surface area contributed by atoms with Crippen molar-refractivity contribution in [3.63, 3.8) is 0 Å². The van der Waals surface area contributed by atoms with Crippen molar-refractivity contribution in [2.45, 2.75) is 45.4 Å². The number of hydrogen-bond donors (Lipinski definition) is 1. The summed E-state index contributed by atoms with van der Waals surface area (Å²) in [6.07, 6.45) is 1.20. The standard InChI is InChI=1S/C14H20O/c1-9(2)12-8-14(3,4)13-6-5-10(15)7-11(12)13/h5-7,9,12,15H,8H2,1-4H3/t12-/m0/s1. The van der Waals surface area contributed by atoms with Gasteiger partial charge in [0.15, 0.2) is 0 Å². The minimum atomic E-state index is 0.262. The van der Waals surface area contributed by atoms with Crippen molar-refractivity contribution in [1.82, 2.24) is 0 Å². The Balaban J connectivity index is 2.53. The van der Waals surface area contributed by atoms with E-state index >= 15 is 0 Å². The molecule has 1 aliphatic carbocycles. The van der Waals surface area contributed by atoms with Gasteiger partial charge in [-0.05, 0) is 46.9 Å². The number of aromatic hydroxyl groups is 1. The monoisotopic (exact) mass is 204 g/mol. The van der Waals surface area contributed by atoms with Crippen LogP contribution in [-0.4, -0.2) is 5.11 Å². The van der Waals surface area contributed by atoms with E-state index in [1.807, 2.05) is 12.1 Å². The van der Waals surface area contributed by atoms with Crippen LogP contribution < -0.4 is 0 Å². The molecule has 1 aliphatic rings. The third kappa shape index (κ3) is 1.64. The molecule has 1 atom stereocenters. The van der Waals surface area contributed by atoms with Gasteiger partial charge in [0.1, 0.15) is 5.75 Å². The first-order chi connectivity index (χ1) is 6.92. The lowest BCUT2D eigenvalue weighted by Crippen LogP contribution is -2.13. The predicted molar refractivity (Wildman–Crippen MR) is 63.3 cm³/mol. The van der Waals surface area contributed by atoms with Crippen LogP contribution >= 0.6 is 0 Å². The smallest absolute Gasteiger partial charge is 0.115 e. The molecule has 2 rings (SSSR count). The number of fused-ring (bicyclic) bond motifs is 1. The second-order valence-corrected chi connectivity index (χ2v) is 5.71. The molecule has 0 amide bonds. The van der Waals surface area contributed by atoms with Gasteiger partial charge in [-0.15, -0.1) is 0 Å². The molecule has 0 bridgehead atoms.